The zero-order valence-electron chi connectivity index (χ0n) is 8.78. The van der Waals surface area contributed by atoms with Gasteiger partial charge in [-0.3, -0.25) is 0 Å². The van der Waals surface area contributed by atoms with Crippen molar-refractivity contribution in [3.63, 3.8) is 0 Å². The normalized spacial score (nSPS) is 8.69. The van der Waals surface area contributed by atoms with Crippen LogP contribution in [0.1, 0.15) is 18.7 Å². The molecule has 0 amide bonds. The molecule has 1 rings (SSSR count). The first-order valence-electron chi connectivity index (χ1n) is 3.70. The summed E-state index contributed by atoms with van der Waals surface area (Å²) in [6.45, 7) is 2.11. The Morgan fingerprint density at radius 2 is 2.00 bits per heavy atom. The molecule has 13 heavy (non-hydrogen) atoms. The smallest absolute Gasteiger partial charge is 1.00 e. The summed E-state index contributed by atoms with van der Waals surface area (Å²) < 4.78 is 4.75. The van der Waals surface area contributed by atoms with Gasteiger partial charge < -0.3 is 11.3 Å². The molecule has 3 nitrogen and oxygen atoms in total. The Morgan fingerprint density at radius 1 is 1.46 bits per heavy atom. The van der Waals surface area contributed by atoms with Crippen molar-refractivity contribution in [2.75, 3.05) is 6.61 Å². The Balaban J connectivity index is 0. The van der Waals surface area contributed by atoms with Gasteiger partial charge >= 0.3 is 35.5 Å². The van der Waals surface area contributed by atoms with Crippen molar-refractivity contribution in [2.45, 2.75) is 6.92 Å². The minimum absolute atomic E-state index is 0. The van der Waals surface area contributed by atoms with Crippen molar-refractivity contribution in [1.82, 2.24) is 0 Å². The van der Waals surface area contributed by atoms with Crippen molar-refractivity contribution in [3.8, 4) is 5.75 Å². The van der Waals surface area contributed by atoms with Crippen LogP contribution in [0, 0.1) is 0 Å². The van der Waals surface area contributed by atoms with Gasteiger partial charge in [-0.15, -0.1) is 0 Å². The average molecular weight is 190 g/mol. The quantitative estimate of drug-likeness (QED) is 0.465. The van der Waals surface area contributed by atoms with E-state index in [0.29, 0.717) is 12.2 Å². The van der Waals surface area contributed by atoms with Gasteiger partial charge in [0.2, 0.25) is 0 Å². The largest absolute Gasteiger partial charge is 1.00 e. The number of ether oxygens (including phenoxy) is 1. The standard InChI is InChI=1S/C9H10O3.Na.H/c1-2-12-9(11)7-3-5-8(10)6-4-7;;/h3-6,10H,2H2,1H3;;/q;+1;-1. The Morgan fingerprint density at radius 3 is 2.46 bits per heavy atom. The molecule has 0 unspecified atom stereocenters. The number of rotatable bonds is 2. The number of phenols is 1. The van der Waals surface area contributed by atoms with E-state index in [1.807, 2.05) is 0 Å². The van der Waals surface area contributed by atoms with E-state index in [2.05, 4.69) is 0 Å². The van der Waals surface area contributed by atoms with Gasteiger partial charge in [0.1, 0.15) is 5.75 Å². The number of carbonyl (C=O) groups excluding carboxylic acids is 1. The van der Waals surface area contributed by atoms with Gasteiger partial charge in [-0.05, 0) is 31.2 Å². The van der Waals surface area contributed by atoms with Gasteiger partial charge in [-0.2, -0.15) is 0 Å². The van der Waals surface area contributed by atoms with Crippen molar-refractivity contribution in [2.24, 2.45) is 0 Å². The van der Waals surface area contributed by atoms with Crippen LogP contribution < -0.4 is 29.6 Å². The van der Waals surface area contributed by atoms with Gasteiger partial charge in [-0.25, -0.2) is 4.79 Å². The topological polar surface area (TPSA) is 46.5 Å². The molecule has 0 aliphatic heterocycles. The molecule has 0 aliphatic rings. The van der Waals surface area contributed by atoms with E-state index in [9.17, 15) is 4.79 Å². The summed E-state index contributed by atoms with van der Waals surface area (Å²) in [4.78, 5) is 11.1. The van der Waals surface area contributed by atoms with Crippen LogP contribution >= 0.6 is 0 Å². The minimum Gasteiger partial charge on any atom is -1.00 e. The van der Waals surface area contributed by atoms with E-state index in [4.69, 9.17) is 9.84 Å². The van der Waals surface area contributed by atoms with Crippen molar-refractivity contribution in [1.29, 1.82) is 0 Å². The molecule has 0 aromatic heterocycles. The molecule has 1 aromatic carbocycles. The van der Waals surface area contributed by atoms with Crippen molar-refractivity contribution < 1.29 is 45.6 Å². The molecule has 0 fully saturated rings. The van der Waals surface area contributed by atoms with E-state index in [-0.39, 0.29) is 42.7 Å². The monoisotopic (exact) mass is 190 g/mol. The summed E-state index contributed by atoms with van der Waals surface area (Å²) in [6, 6.07) is 5.94. The molecule has 4 heteroatoms. The Kier molecular flexibility index (Phi) is 5.79. The van der Waals surface area contributed by atoms with Crippen LogP contribution in [0.4, 0.5) is 0 Å². The van der Waals surface area contributed by atoms with E-state index >= 15 is 0 Å². The Hall–Kier alpha value is -0.510. The van der Waals surface area contributed by atoms with Crippen molar-refractivity contribution in [3.05, 3.63) is 29.8 Å². The van der Waals surface area contributed by atoms with Gasteiger partial charge in [0.15, 0.2) is 0 Å². The van der Waals surface area contributed by atoms with Gasteiger partial charge in [0, 0.05) is 0 Å². The summed E-state index contributed by atoms with van der Waals surface area (Å²) in [5, 5.41) is 8.92. The summed E-state index contributed by atoms with van der Waals surface area (Å²) in [7, 11) is 0. The zero-order valence-corrected chi connectivity index (χ0v) is 9.78. The minimum atomic E-state index is -0.363. The number of esters is 1. The summed E-state index contributed by atoms with van der Waals surface area (Å²) in [5.74, 6) is -0.222. The fourth-order valence-electron chi connectivity index (χ4n) is 0.812. The first-order chi connectivity index (χ1) is 5.74. The number of phenolic OH excluding ortho intramolecular Hbond substituents is 1. The number of aromatic hydroxyl groups is 1. The molecule has 0 aliphatic carbocycles. The molecule has 0 radical (unpaired) electrons. The number of hydrogen-bond acceptors (Lipinski definition) is 3. The summed E-state index contributed by atoms with van der Waals surface area (Å²) in [5.41, 5.74) is 0.453. The average Bonchev–Trinajstić information content (AvgIpc) is 2.06. The second-order valence-corrected chi connectivity index (χ2v) is 2.27. The summed E-state index contributed by atoms with van der Waals surface area (Å²) in [6.07, 6.45) is 0. The van der Waals surface area contributed by atoms with Crippen LogP contribution in [0.2, 0.25) is 0 Å². The van der Waals surface area contributed by atoms with Crippen LogP contribution in [0.5, 0.6) is 5.75 Å². The molecule has 0 saturated heterocycles. The van der Waals surface area contributed by atoms with Crippen LogP contribution in [-0.4, -0.2) is 17.7 Å². The Labute approximate surface area is 100 Å². The molecule has 1 N–H and O–H groups in total. The summed E-state index contributed by atoms with van der Waals surface area (Å²) >= 11 is 0. The van der Waals surface area contributed by atoms with E-state index in [0.717, 1.165) is 0 Å². The van der Waals surface area contributed by atoms with E-state index in [1.54, 1.807) is 6.92 Å². The molecule has 66 valence electrons. The molecular formula is C9H11NaO3. The van der Waals surface area contributed by atoms with Crippen LogP contribution in [0.25, 0.3) is 0 Å². The second kappa shape index (κ2) is 6.02. The maximum Gasteiger partial charge on any atom is 1.00 e. The third-order valence-corrected chi connectivity index (χ3v) is 1.38. The van der Waals surface area contributed by atoms with Gasteiger partial charge in [-0.1, -0.05) is 0 Å². The van der Waals surface area contributed by atoms with E-state index in [1.165, 1.54) is 24.3 Å². The zero-order chi connectivity index (χ0) is 8.97. The predicted octanol–water partition coefficient (Wildman–Crippen LogP) is -1.31. The number of carbonyl (C=O) groups is 1. The Bertz CT molecular complexity index is 274. The third-order valence-electron chi connectivity index (χ3n) is 1.38. The van der Waals surface area contributed by atoms with Crippen LogP contribution in [-0.2, 0) is 4.74 Å². The molecule has 1 aromatic rings. The molecule has 0 heterocycles. The number of benzene rings is 1. The maximum absolute atomic E-state index is 11.1. The van der Waals surface area contributed by atoms with Crippen molar-refractivity contribution >= 4 is 5.97 Å². The van der Waals surface area contributed by atoms with Gasteiger partial charge in [0.05, 0.1) is 12.2 Å². The molecule has 0 spiro atoms. The predicted molar refractivity (Wildman–Crippen MR) is 45.2 cm³/mol. The molecule has 0 atom stereocenters. The molecule has 0 saturated carbocycles. The van der Waals surface area contributed by atoms with Crippen LogP contribution in [0.15, 0.2) is 24.3 Å². The SMILES string of the molecule is CCOC(=O)c1ccc(O)cc1.[H-].[Na+]. The number of hydrogen-bond donors (Lipinski definition) is 1. The second-order valence-electron chi connectivity index (χ2n) is 2.27. The molecular weight excluding hydrogens is 179 g/mol. The molecule has 0 bridgehead atoms. The first kappa shape index (κ1) is 12.5. The first-order valence-corrected chi connectivity index (χ1v) is 3.70. The third kappa shape index (κ3) is 3.81. The fraction of sp³-hybridized carbons (Fsp3) is 0.222. The van der Waals surface area contributed by atoms with Gasteiger partial charge in [0.25, 0.3) is 0 Å². The van der Waals surface area contributed by atoms with E-state index < -0.39 is 0 Å². The fourth-order valence-corrected chi connectivity index (χ4v) is 0.812. The maximum atomic E-state index is 11.1. The van der Waals surface area contributed by atoms with Crippen LogP contribution in [0.3, 0.4) is 0 Å².